The molecule has 0 atom stereocenters. The van der Waals surface area contributed by atoms with Crippen LogP contribution >= 0.6 is 22.7 Å². The van der Waals surface area contributed by atoms with Gasteiger partial charge in [-0.25, -0.2) is 13.2 Å². The fraction of sp³-hybridized carbons (Fsp3) is 0.375. The van der Waals surface area contributed by atoms with E-state index >= 15 is 0 Å². The van der Waals surface area contributed by atoms with Crippen molar-refractivity contribution in [1.29, 1.82) is 0 Å². The van der Waals surface area contributed by atoms with Gasteiger partial charge in [0, 0.05) is 6.54 Å². The molecule has 12 heteroatoms. The molecule has 1 N–H and O–H groups in total. The van der Waals surface area contributed by atoms with E-state index in [4.69, 9.17) is 0 Å². The molecule has 0 bridgehead atoms. The Labute approximate surface area is 169 Å². The topological polar surface area (TPSA) is 116 Å². The lowest BCUT2D eigenvalue weighted by Gasteiger charge is -2.19. The number of nitrogens with one attached hydrogen (secondary N) is 1. The summed E-state index contributed by atoms with van der Waals surface area (Å²) in [7, 11) is -3.64. The summed E-state index contributed by atoms with van der Waals surface area (Å²) < 4.78 is 26.6. The van der Waals surface area contributed by atoms with Crippen LogP contribution in [0.1, 0.15) is 30.4 Å². The predicted octanol–water partition coefficient (Wildman–Crippen LogP) is 1.55. The van der Waals surface area contributed by atoms with Crippen LogP contribution in [-0.2, 0) is 16.4 Å². The quantitative estimate of drug-likeness (QED) is 0.620. The number of carbonyl (C=O) groups is 1. The molecular weight excluding hydrogens is 422 g/mol. The van der Waals surface area contributed by atoms with Crippen molar-refractivity contribution in [3.63, 3.8) is 0 Å². The maximum atomic E-state index is 12.7. The Morgan fingerprint density at radius 1 is 1.18 bits per heavy atom. The minimum Gasteiger partial charge on any atom is -0.349 e. The molecule has 0 aromatic carbocycles. The van der Waals surface area contributed by atoms with Crippen LogP contribution in [0.25, 0.3) is 5.00 Å². The van der Waals surface area contributed by atoms with E-state index in [0.29, 0.717) is 5.00 Å². The zero-order valence-electron chi connectivity index (χ0n) is 15.4. The molecule has 0 aliphatic rings. The van der Waals surface area contributed by atoms with Gasteiger partial charge in [-0.1, -0.05) is 0 Å². The number of aromatic nitrogens is 4. The van der Waals surface area contributed by atoms with Crippen LogP contribution in [0.3, 0.4) is 0 Å². The van der Waals surface area contributed by atoms with E-state index in [1.807, 2.05) is 5.38 Å². The minimum atomic E-state index is -3.64. The van der Waals surface area contributed by atoms with E-state index in [1.165, 1.54) is 22.1 Å². The first-order valence-electron chi connectivity index (χ1n) is 8.30. The summed E-state index contributed by atoms with van der Waals surface area (Å²) in [6, 6.07) is 4.99. The number of hydrogen-bond acceptors (Lipinski definition) is 8. The fourth-order valence-corrected chi connectivity index (χ4v) is 5.48. The third-order valence-electron chi connectivity index (χ3n) is 3.89. The summed E-state index contributed by atoms with van der Waals surface area (Å²) >= 11 is 2.42. The molecule has 0 saturated carbocycles. The Bertz CT molecular complexity index is 1130. The third kappa shape index (κ3) is 3.80. The predicted molar refractivity (Wildman–Crippen MR) is 107 cm³/mol. The van der Waals surface area contributed by atoms with Gasteiger partial charge in [0.1, 0.15) is 9.88 Å². The van der Waals surface area contributed by atoms with Crippen LogP contribution in [0.2, 0.25) is 0 Å². The Kier molecular flexibility index (Phi) is 5.55. The van der Waals surface area contributed by atoms with Crippen molar-refractivity contribution in [2.75, 3.05) is 6.54 Å². The molecule has 0 aliphatic heterocycles. The molecule has 150 valence electrons. The molecule has 0 saturated heterocycles. The minimum absolute atomic E-state index is 0.0170. The van der Waals surface area contributed by atoms with E-state index in [-0.39, 0.29) is 22.9 Å². The summed E-state index contributed by atoms with van der Waals surface area (Å²) in [5.41, 5.74) is -0.413. The molecular formula is C16H19N5O4S3. The Morgan fingerprint density at radius 3 is 2.57 bits per heavy atom. The monoisotopic (exact) mass is 441 g/mol. The molecule has 0 aliphatic carbocycles. The second kappa shape index (κ2) is 7.60. The maximum absolute atomic E-state index is 12.7. The van der Waals surface area contributed by atoms with Gasteiger partial charge in [0.2, 0.25) is 0 Å². The lowest BCUT2D eigenvalue weighted by atomic mass is 10.3. The fourth-order valence-electron chi connectivity index (χ4n) is 2.30. The molecule has 3 rings (SSSR count). The Balaban J connectivity index is 1.69. The molecule has 3 heterocycles. The lowest BCUT2D eigenvalue weighted by Crippen LogP contribution is -2.33. The van der Waals surface area contributed by atoms with Crippen LogP contribution in [-0.4, -0.2) is 45.4 Å². The van der Waals surface area contributed by atoms with Crippen LogP contribution in [0, 0.1) is 0 Å². The maximum Gasteiger partial charge on any atom is 0.369 e. The van der Waals surface area contributed by atoms with E-state index in [9.17, 15) is 18.0 Å². The Morgan fingerprint density at radius 2 is 1.93 bits per heavy atom. The smallest absolute Gasteiger partial charge is 0.349 e. The number of carbonyl (C=O) groups excluding carboxylic acids is 1. The van der Waals surface area contributed by atoms with Crippen molar-refractivity contribution in [3.8, 4) is 5.00 Å². The van der Waals surface area contributed by atoms with Crippen molar-refractivity contribution in [3.05, 3.63) is 44.3 Å². The van der Waals surface area contributed by atoms with Crippen molar-refractivity contribution in [1.82, 2.24) is 25.1 Å². The van der Waals surface area contributed by atoms with E-state index in [0.717, 1.165) is 16.0 Å². The molecule has 1 amide bonds. The van der Waals surface area contributed by atoms with Crippen LogP contribution in [0.15, 0.2) is 38.6 Å². The average Bonchev–Trinajstić information content (AvgIpc) is 3.34. The van der Waals surface area contributed by atoms with Gasteiger partial charge in [-0.2, -0.15) is 9.36 Å². The van der Waals surface area contributed by atoms with Gasteiger partial charge in [0.05, 0.1) is 16.2 Å². The first-order chi connectivity index (χ1) is 13.1. The zero-order valence-corrected chi connectivity index (χ0v) is 17.9. The van der Waals surface area contributed by atoms with E-state index < -0.39 is 26.2 Å². The molecule has 3 aromatic rings. The van der Waals surface area contributed by atoms with Gasteiger partial charge < -0.3 is 5.32 Å². The summed E-state index contributed by atoms with van der Waals surface area (Å²) in [5.74, 6) is -0.503. The normalized spacial score (nSPS) is 12.2. The lowest BCUT2D eigenvalue weighted by molar-refractivity contribution is 0.0953. The number of amides is 1. The summed E-state index contributed by atoms with van der Waals surface area (Å²) in [4.78, 5) is 24.9. The van der Waals surface area contributed by atoms with Crippen LogP contribution in [0.5, 0.6) is 0 Å². The first-order valence-corrected chi connectivity index (χ1v) is 11.5. The number of thiophene rings is 2. The van der Waals surface area contributed by atoms with Crippen molar-refractivity contribution in [2.45, 2.75) is 37.0 Å². The molecule has 28 heavy (non-hydrogen) atoms. The molecule has 9 nitrogen and oxygen atoms in total. The van der Waals surface area contributed by atoms with Gasteiger partial charge in [-0.05, 0) is 60.2 Å². The second-order valence-corrected chi connectivity index (χ2v) is 11.3. The van der Waals surface area contributed by atoms with Crippen molar-refractivity contribution in [2.24, 2.45) is 0 Å². The molecule has 0 radical (unpaired) electrons. The van der Waals surface area contributed by atoms with E-state index in [1.54, 1.807) is 38.3 Å². The number of rotatable bonds is 6. The van der Waals surface area contributed by atoms with Gasteiger partial charge >= 0.3 is 5.69 Å². The largest absolute Gasteiger partial charge is 0.369 e. The number of tetrazole rings is 1. The number of nitrogens with zero attached hydrogens (tertiary/aromatic N) is 4. The van der Waals surface area contributed by atoms with Gasteiger partial charge in [-0.15, -0.1) is 22.7 Å². The van der Waals surface area contributed by atoms with Gasteiger partial charge in [-0.3, -0.25) is 4.79 Å². The molecule has 3 aromatic heterocycles. The SMILES string of the molecule is CC(C)(C)S(=O)(=O)c1ccsc1C(=O)NCCn1nnn(-c2cccs2)c1=O. The highest BCUT2D eigenvalue weighted by Gasteiger charge is 2.34. The third-order valence-corrected chi connectivity index (χ3v) is 8.31. The van der Waals surface area contributed by atoms with Crippen LogP contribution in [0.4, 0.5) is 0 Å². The van der Waals surface area contributed by atoms with E-state index in [2.05, 4.69) is 15.7 Å². The molecule has 0 spiro atoms. The number of sulfone groups is 1. The zero-order chi connectivity index (χ0) is 20.5. The highest BCUT2D eigenvalue weighted by atomic mass is 32.2. The average molecular weight is 442 g/mol. The molecule has 0 unspecified atom stereocenters. The van der Waals surface area contributed by atoms with Gasteiger partial charge in [0.15, 0.2) is 9.84 Å². The Hall–Kier alpha value is -2.31. The second-order valence-electron chi connectivity index (χ2n) is 6.83. The summed E-state index contributed by atoms with van der Waals surface area (Å²) in [6.45, 7) is 4.98. The van der Waals surface area contributed by atoms with Crippen molar-refractivity contribution < 1.29 is 13.2 Å². The summed E-state index contributed by atoms with van der Waals surface area (Å²) in [5, 5.41) is 14.3. The van der Waals surface area contributed by atoms with Crippen LogP contribution < -0.4 is 11.0 Å². The summed E-state index contributed by atoms with van der Waals surface area (Å²) in [6.07, 6.45) is 0. The number of hydrogen-bond donors (Lipinski definition) is 1. The molecule has 0 fully saturated rings. The van der Waals surface area contributed by atoms with Gasteiger partial charge in [0.25, 0.3) is 5.91 Å². The first kappa shape index (κ1) is 20.4. The highest BCUT2D eigenvalue weighted by Crippen LogP contribution is 2.30. The standard InChI is InChI=1S/C16H19N5O4S3/c1-16(2,3)28(24,25)11-6-10-27-13(11)14(22)17-7-8-20-15(23)21(19-18-20)12-5-4-9-26-12/h4-6,9-10H,7-8H2,1-3H3,(H,17,22). The highest BCUT2D eigenvalue weighted by molar-refractivity contribution is 7.93. The van der Waals surface area contributed by atoms with Crippen molar-refractivity contribution >= 4 is 38.4 Å².